The lowest BCUT2D eigenvalue weighted by Crippen LogP contribution is -2.53. The molecule has 1 atom stereocenters. The second-order valence-corrected chi connectivity index (χ2v) is 6.81. The van der Waals surface area contributed by atoms with E-state index >= 15 is 0 Å². The van der Waals surface area contributed by atoms with Gasteiger partial charge >= 0.3 is 0 Å². The van der Waals surface area contributed by atoms with Crippen molar-refractivity contribution in [3.8, 4) is 5.75 Å². The van der Waals surface area contributed by atoms with Crippen molar-refractivity contribution in [3.63, 3.8) is 0 Å². The lowest BCUT2D eigenvalue weighted by atomic mass is 9.88. The molecule has 2 N–H and O–H groups in total. The number of nitrogens with one attached hydrogen (secondary N) is 2. The molecule has 0 radical (unpaired) electrons. The first-order valence-electron chi connectivity index (χ1n) is 9.44. The van der Waals surface area contributed by atoms with Crippen molar-refractivity contribution in [2.24, 2.45) is 5.92 Å². The smallest absolute Gasteiger partial charge is 0.251 e. The summed E-state index contributed by atoms with van der Waals surface area (Å²) in [5, 5.41) is 5.78. The third-order valence-corrected chi connectivity index (χ3v) is 4.93. The molecule has 27 heavy (non-hydrogen) atoms. The van der Waals surface area contributed by atoms with Gasteiger partial charge < -0.3 is 20.3 Å². The maximum atomic E-state index is 12.7. The lowest BCUT2D eigenvalue weighted by Gasteiger charge is -2.35. The third-order valence-electron chi connectivity index (χ3n) is 4.93. The van der Waals surface area contributed by atoms with Crippen LogP contribution in [0.5, 0.6) is 5.75 Å². The number of carbonyl (C=O) groups is 3. The second kappa shape index (κ2) is 9.94. The number of ether oxygens (including phenoxy) is 1. The zero-order valence-electron chi connectivity index (χ0n) is 16.3. The van der Waals surface area contributed by atoms with E-state index < -0.39 is 6.04 Å². The Hall–Kier alpha value is -2.57. The standard InChI is InChI=1S/C20H29N3O4/c1-4-11-21-20(26)18(15-9-12-23(13-10-15)14(2)24)22-19(25)16-5-7-17(27-3)8-6-16/h5-8,15,18H,4,9-13H2,1-3H3,(H,21,26)(H,22,25)/t18-/m0/s1. The number of hydrogen-bond acceptors (Lipinski definition) is 4. The summed E-state index contributed by atoms with van der Waals surface area (Å²) in [5.74, 6) is 0.256. The predicted octanol–water partition coefficient (Wildman–Crippen LogP) is 1.58. The van der Waals surface area contributed by atoms with Crippen LogP contribution in [0.2, 0.25) is 0 Å². The van der Waals surface area contributed by atoms with Gasteiger partial charge in [-0.1, -0.05) is 6.92 Å². The molecule has 0 spiro atoms. The summed E-state index contributed by atoms with van der Waals surface area (Å²) in [6.07, 6.45) is 2.20. The Morgan fingerprint density at radius 2 is 1.81 bits per heavy atom. The first kappa shape index (κ1) is 20.7. The SMILES string of the molecule is CCCNC(=O)[C@@H](NC(=O)c1ccc(OC)cc1)C1CCN(C(C)=O)CC1. The summed E-state index contributed by atoms with van der Waals surface area (Å²) in [4.78, 5) is 38.6. The Kier molecular flexibility index (Phi) is 7.64. The summed E-state index contributed by atoms with van der Waals surface area (Å²) >= 11 is 0. The zero-order chi connectivity index (χ0) is 19.8. The molecular formula is C20H29N3O4. The van der Waals surface area contributed by atoms with Crippen molar-refractivity contribution in [3.05, 3.63) is 29.8 Å². The van der Waals surface area contributed by atoms with Gasteiger partial charge in [-0.15, -0.1) is 0 Å². The van der Waals surface area contributed by atoms with Crippen molar-refractivity contribution < 1.29 is 19.1 Å². The minimum atomic E-state index is -0.611. The van der Waals surface area contributed by atoms with Gasteiger partial charge in [-0.3, -0.25) is 14.4 Å². The van der Waals surface area contributed by atoms with Gasteiger partial charge in [-0.05, 0) is 49.4 Å². The molecule has 148 valence electrons. The highest BCUT2D eigenvalue weighted by atomic mass is 16.5. The summed E-state index contributed by atoms with van der Waals surface area (Å²) in [5.41, 5.74) is 0.477. The number of rotatable bonds is 7. The number of hydrogen-bond donors (Lipinski definition) is 2. The highest BCUT2D eigenvalue weighted by Crippen LogP contribution is 2.22. The number of amides is 3. The number of piperidine rings is 1. The summed E-state index contributed by atoms with van der Waals surface area (Å²) in [6.45, 7) is 5.32. The van der Waals surface area contributed by atoms with E-state index in [4.69, 9.17) is 4.74 Å². The van der Waals surface area contributed by atoms with Gasteiger partial charge in [0.25, 0.3) is 5.91 Å². The van der Waals surface area contributed by atoms with Crippen LogP contribution < -0.4 is 15.4 Å². The van der Waals surface area contributed by atoms with Crippen molar-refractivity contribution >= 4 is 17.7 Å². The molecule has 1 aromatic carbocycles. The van der Waals surface area contributed by atoms with Crippen LogP contribution >= 0.6 is 0 Å². The molecule has 0 bridgehead atoms. The van der Waals surface area contributed by atoms with Gasteiger partial charge in [0.05, 0.1) is 7.11 Å². The lowest BCUT2D eigenvalue weighted by molar-refractivity contribution is -0.130. The fourth-order valence-electron chi connectivity index (χ4n) is 3.27. The molecule has 7 nitrogen and oxygen atoms in total. The van der Waals surface area contributed by atoms with Crippen molar-refractivity contribution in [2.45, 2.75) is 39.2 Å². The molecule has 3 amide bonds. The molecular weight excluding hydrogens is 346 g/mol. The quantitative estimate of drug-likeness (QED) is 0.757. The molecule has 0 aliphatic carbocycles. The average molecular weight is 375 g/mol. The van der Waals surface area contributed by atoms with E-state index in [0.717, 1.165) is 6.42 Å². The fourth-order valence-corrected chi connectivity index (χ4v) is 3.27. The molecule has 2 rings (SSSR count). The van der Waals surface area contributed by atoms with E-state index in [1.165, 1.54) is 0 Å². The van der Waals surface area contributed by atoms with Crippen molar-refractivity contribution in [1.29, 1.82) is 0 Å². The van der Waals surface area contributed by atoms with Gasteiger partial charge in [0, 0.05) is 32.1 Å². The number of likely N-dealkylation sites (tertiary alicyclic amines) is 1. The Morgan fingerprint density at radius 3 is 2.33 bits per heavy atom. The van der Waals surface area contributed by atoms with Crippen LogP contribution in [0.3, 0.4) is 0 Å². The molecule has 0 aromatic heterocycles. The first-order chi connectivity index (χ1) is 13.0. The Morgan fingerprint density at radius 1 is 1.19 bits per heavy atom. The van der Waals surface area contributed by atoms with E-state index in [0.29, 0.717) is 43.8 Å². The maximum Gasteiger partial charge on any atom is 0.251 e. The van der Waals surface area contributed by atoms with E-state index in [-0.39, 0.29) is 23.6 Å². The van der Waals surface area contributed by atoms with Crippen LogP contribution in [0.4, 0.5) is 0 Å². The van der Waals surface area contributed by atoms with Gasteiger partial charge in [0.15, 0.2) is 0 Å². The molecule has 1 aromatic rings. The van der Waals surface area contributed by atoms with Gasteiger partial charge in [0.1, 0.15) is 11.8 Å². The number of nitrogens with zero attached hydrogens (tertiary/aromatic N) is 1. The van der Waals surface area contributed by atoms with E-state index in [1.54, 1.807) is 43.2 Å². The van der Waals surface area contributed by atoms with Gasteiger partial charge in [-0.25, -0.2) is 0 Å². The Labute approximate surface area is 160 Å². The maximum absolute atomic E-state index is 12.7. The number of methoxy groups -OCH3 is 1. The largest absolute Gasteiger partial charge is 0.497 e. The van der Waals surface area contributed by atoms with Crippen LogP contribution in [-0.4, -0.2) is 55.4 Å². The second-order valence-electron chi connectivity index (χ2n) is 6.81. The molecule has 0 unspecified atom stereocenters. The average Bonchev–Trinajstić information content (AvgIpc) is 2.70. The summed E-state index contributed by atoms with van der Waals surface area (Å²) in [7, 11) is 1.57. The Bertz CT molecular complexity index is 652. The minimum Gasteiger partial charge on any atom is -0.497 e. The van der Waals surface area contributed by atoms with Crippen LogP contribution in [0, 0.1) is 5.92 Å². The number of carbonyl (C=O) groups excluding carboxylic acids is 3. The molecule has 0 saturated carbocycles. The molecule has 7 heteroatoms. The predicted molar refractivity (Wildman–Crippen MR) is 103 cm³/mol. The van der Waals surface area contributed by atoms with Crippen LogP contribution in [0.15, 0.2) is 24.3 Å². The van der Waals surface area contributed by atoms with Crippen LogP contribution in [0.25, 0.3) is 0 Å². The molecule has 1 saturated heterocycles. The molecule has 1 aliphatic heterocycles. The van der Waals surface area contributed by atoms with Gasteiger partial charge in [-0.2, -0.15) is 0 Å². The molecule has 1 aliphatic rings. The summed E-state index contributed by atoms with van der Waals surface area (Å²) < 4.78 is 5.11. The van der Waals surface area contributed by atoms with Crippen molar-refractivity contribution in [1.82, 2.24) is 15.5 Å². The third kappa shape index (κ3) is 5.70. The van der Waals surface area contributed by atoms with E-state index in [9.17, 15) is 14.4 Å². The molecule has 1 heterocycles. The fraction of sp³-hybridized carbons (Fsp3) is 0.550. The molecule has 1 fully saturated rings. The first-order valence-corrected chi connectivity index (χ1v) is 9.44. The minimum absolute atomic E-state index is 0.000320. The monoisotopic (exact) mass is 375 g/mol. The van der Waals surface area contributed by atoms with Crippen LogP contribution in [0.1, 0.15) is 43.5 Å². The van der Waals surface area contributed by atoms with Crippen molar-refractivity contribution in [2.75, 3.05) is 26.7 Å². The van der Waals surface area contributed by atoms with E-state index in [2.05, 4.69) is 10.6 Å². The summed E-state index contributed by atoms with van der Waals surface area (Å²) in [6, 6.07) is 6.17. The highest BCUT2D eigenvalue weighted by Gasteiger charge is 2.33. The normalized spacial score (nSPS) is 15.7. The number of benzene rings is 1. The highest BCUT2D eigenvalue weighted by molar-refractivity contribution is 5.97. The van der Waals surface area contributed by atoms with Gasteiger partial charge in [0.2, 0.25) is 11.8 Å². The van der Waals surface area contributed by atoms with E-state index in [1.807, 2.05) is 6.92 Å². The van der Waals surface area contributed by atoms with Crippen LogP contribution in [-0.2, 0) is 9.59 Å². The Balaban J connectivity index is 2.08. The topological polar surface area (TPSA) is 87.7 Å². The zero-order valence-corrected chi connectivity index (χ0v) is 16.3.